The molecule has 8 nitrogen and oxygen atoms in total. The van der Waals surface area contributed by atoms with Gasteiger partial charge in [0.2, 0.25) is 0 Å². The predicted octanol–water partition coefficient (Wildman–Crippen LogP) is 3.24. The number of nitrogens with one attached hydrogen (secondary N) is 1. The van der Waals surface area contributed by atoms with E-state index in [4.69, 9.17) is 14.2 Å². The van der Waals surface area contributed by atoms with Crippen LogP contribution in [-0.4, -0.2) is 44.8 Å². The standard InChI is InChI=1S/C24H25NO7/c1-29-22(27)16-5-4-6-18(13-16)25-21(26)15-32-23(28)24(9-2-3-10-24)17-7-8-19-20(14-17)31-12-11-30-19/h4-8,13-14H,2-3,9-12,15H2,1H3,(H,25,26). The number of rotatable bonds is 6. The third kappa shape index (κ3) is 4.39. The molecule has 2 aromatic rings. The summed E-state index contributed by atoms with van der Waals surface area (Å²) in [5.74, 6) is -0.137. The molecular formula is C24H25NO7. The number of fused-ring (bicyclic) bond motifs is 1. The summed E-state index contributed by atoms with van der Waals surface area (Å²) in [5, 5.41) is 2.64. The van der Waals surface area contributed by atoms with E-state index < -0.39 is 29.9 Å². The maximum atomic E-state index is 13.1. The summed E-state index contributed by atoms with van der Waals surface area (Å²) < 4.78 is 21.4. The van der Waals surface area contributed by atoms with Crippen LogP contribution in [0.15, 0.2) is 42.5 Å². The molecule has 0 bridgehead atoms. The Kier molecular flexibility index (Phi) is 6.30. The van der Waals surface area contributed by atoms with Gasteiger partial charge in [0.1, 0.15) is 13.2 Å². The summed E-state index contributed by atoms with van der Waals surface area (Å²) >= 11 is 0. The van der Waals surface area contributed by atoms with Crippen molar-refractivity contribution in [2.45, 2.75) is 31.1 Å². The molecule has 2 aliphatic rings. The molecule has 32 heavy (non-hydrogen) atoms. The van der Waals surface area contributed by atoms with Crippen molar-refractivity contribution in [2.24, 2.45) is 0 Å². The number of carbonyl (C=O) groups is 3. The minimum absolute atomic E-state index is 0.311. The molecule has 0 atom stereocenters. The maximum Gasteiger partial charge on any atom is 0.337 e. The van der Waals surface area contributed by atoms with Crippen molar-refractivity contribution >= 4 is 23.5 Å². The first-order valence-electron chi connectivity index (χ1n) is 10.6. The number of ether oxygens (including phenoxy) is 4. The van der Waals surface area contributed by atoms with Gasteiger partial charge in [0.05, 0.1) is 18.1 Å². The summed E-state index contributed by atoms with van der Waals surface area (Å²) in [6.07, 6.45) is 3.09. The van der Waals surface area contributed by atoms with Gasteiger partial charge >= 0.3 is 11.9 Å². The number of carbonyl (C=O) groups excluding carboxylic acids is 3. The van der Waals surface area contributed by atoms with Crippen LogP contribution in [0.3, 0.4) is 0 Å². The van der Waals surface area contributed by atoms with Gasteiger partial charge in [-0.25, -0.2) is 4.79 Å². The van der Waals surface area contributed by atoms with E-state index in [-0.39, 0.29) is 0 Å². The molecule has 1 aliphatic carbocycles. The molecule has 2 aromatic carbocycles. The molecule has 0 saturated heterocycles. The lowest BCUT2D eigenvalue weighted by Gasteiger charge is -2.28. The van der Waals surface area contributed by atoms with E-state index in [2.05, 4.69) is 10.1 Å². The van der Waals surface area contributed by atoms with Gasteiger partial charge in [0, 0.05) is 5.69 Å². The van der Waals surface area contributed by atoms with E-state index in [0.29, 0.717) is 48.8 Å². The van der Waals surface area contributed by atoms with Gasteiger partial charge in [0.15, 0.2) is 18.1 Å². The third-order valence-electron chi connectivity index (χ3n) is 5.84. The van der Waals surface area contributed by atoms with Crippen LogP contribution >= 0.6 is 0 Å². The predicted molar refractivity (Wildman–Crippen MR) is 115 cm³/mol. The lowest BCUT2D eigenvalue weighted by atomic mass is 9.78. The number of benzene rings is 2. The molecule has 4 rings (SSSR count). The molecule has 8 heteroatoms. The highest BCUT2D eigenvalue weighted by Gasteiger charge is 2.45. The minimum atomic E-state index is -0.805. The molecule has 1 fully saturated rings. The number of hydrogen-bond donors (Lipinski definition) is 1. The Hall–Kier alpha value is -3.55. The number of esters is 2. The highest BCUT2D eigenvalue weighted by atomic mass is 16.6. The van der Waals surface area contributed by atoms with Crippen molar-refractivity contribution in [3.05, 3.63) is 53.6 Å². The van der Waals surface area contributed by atoms with Gasteiger partial charge in [0.25, 0.3) is 5.91 Å². The molecule has 1 saturated carbocycles. The molecule has 1 N–H and O–H groups in total. The Morgan fingerprint density at radius 1 is 1.00 bits per heavy atom. The number of amides is 1. The Bertz CT molecular complexity index is 1030. The first kappa shape index (κ1) is 21.7. The molecule has 0 aromatic heterocycles. The second-order valence-corrected chi connectivity index (χ2v) is 7.84. The fourth-order valence-electron chi connectivity index (χ4n) is 4.24. The zero-order valence-electron chi connectivity index (χ0n) is 17.8. The lowest BCUT2D eigenvalue weighted by molar-refractivity contribution is -0.153. The van der Waals surface area contributed by atoms with Crippen LogP contribution in [-0.2, 0) is 24.5 Å². The second-order valence-electron chi connectivity index (χ2n) is 7.84. The highest BCUT2D eigenvalue weighted by Crippen LogP contribution is 2.45. The van der Waals surface area contributed by atoms with Crippen molar-refractivity contribution in [3.8, 4) is 11.5 Å². The van der Waals surface area contributed by atoms with Gasteiger partial charge in [-0.2, -0.15) is 0 Å². The molecule has 0 spiro atoms. The Morgan fingerprint density at radius 3 is 2.50 bits per heavy atom. The van der Waals surface area contributed by atoms with Crippen molar-refractivity contribution in [1.82, 2.24) is 0 Å². The normalized spacial score (nSPS) is 16.2. The lowest BCUT2D eigenvalue weighted by Crippen LogP contribution is -2.36. The van der Waals surface area contributed by atoms with E-state index in [1.54, 1.807) is 18.2 Å². The van der Waals surface area contributed by atoms with Crippen LogP contribution in [0.25, 0.3) is 0 Å². The van der Waals surface area contributed by atoms with E-state index >= 15 is 0 Å². The van der Waals surface area contributed by atoms with Crippen LogP contribution in [0.2, 0.25) is 0 Å². The first-order valence-corrected chi connectivity index (χ1v) is 10.6. The zero-order chi connectivity index (χ0) is 22.6. The topological polar surface area (TPSA) is 100 Å². The Balaban J connectivity index is 1.43. The van der Waals surface area contributed by atoms with Crippen LogP contribution in [0.5, 0.6) is 11.5 Å². The molecule has 1 heterocycles. The van der Waals surface area contributed by atoms with Crippen molar-refractivity contribution < 1.29 is 33.3 Å². The first-order chi connectivity index (χ1) is 15.5. The fourth-order valence-corrected chi connectivity index (χ4v) is 4.24. The van der Waals surface area contributed by atoms with E-state index in [1.807, 2.05) is 18.2 Å². The summed E-state index contributed by atoms with van der Waals surface area (Å²) in [7, 11) is 1.29. The molecule has 168 valence electrons. The second kappa shape index (κ2) is 9.30. The SMILES string of the molecule is COC(=O)c1cccc(NC(=O)COC(=O)C2(c3ccc4c(c3)OCCO4)CCCC2)c1. The average Bonchev–Trinajstić information content (AvgIpc) is 3.33. The summed E-state index contributed by atoms with van der Waals surface area (Å²) in [6.45, 7) is 0.538. The van der Waals surface area contributed by atoms with E-state index in [1.165, 1.54) is 13.2 Å². The quantitative estimate of drug-likeness (QED) is 0.690. The molecule has 1 amide bonds. The maximum absolute atomic E-state index is 13.1. The van der Waals surface area contributed by atoms with Gasteiger partial charge in [-0.05, 0) is 48.7 Å². The smallest absolute Gasteiger partial charge is 0.337 e. The number of anilines is 1. The van der Waals surface area contributed by atoms with Crippen molar-refractivity contribution in [3.63, 3.8) is 0 Å². The molecule has 1 aliphatic heterocycles. The van der Waals surface area contributed by atoms with Crippen molar-refractivity contribution in [2.75, 3.05) is 32.2 Å². The van der Waals surface area contributed by atoms with Gasteiger partial charge in [-0.15, -0.1) is 0 Å². The molecule has 0 radical (unpaired) electrons. The highest BCUT2D eigenvalue weighted by molar-refractivity contribution is 5.96. The van der Waals surface area contributed by atoms with Crippen LogP contribution in [0.1, 0.15) is 41.6 Å². The largest absolute Gasteiger partial charge is 0.486 e. The summed E-state index contributed by atoms with van der Waals surface area (Å²) in [5.41, 5.74) is 0.735. The Morgan fingerprint density at radius 2 is 1.75 bits per heavy atom. The summed E-state index contributed by atoms with van der Waals surface area (Å²) in [4.78, 5) is 37.2. The fraction of sp³-hybridized carbons (Fsp3) is 0.375. The average molecular weight is 439 g/mol. The van der Waals surface area contributed by atoms with Crippen molar-refractivity contribution in [1.29, 1.82) is 0 Å². The number of hydrogen-bond acceptors (Lipinski definition) is 7. The summed E-state index contributed by atoms with van der Waals surface area (Å²) in [6, 6.07) is 11.9. The Labute approximate surface area is 185 Å². The third-order valence-corrected chi connectivity index (χ3v) is 5.84. The van der Waals surface area contributed by atoms with E-state index in [0.717, 1.165) is 18.4 Å². The van der Waals surface area contributed by atoms with Gasteiger partial charge in [-0.3, -0.25) is 9.59 Å². The molecular weight excluding hydrogens is 414 g/mol. The zero-order valence-corrected chi connectivity index (χ0v) is 17.8. The number of methoxy groups -OCH3 is 1. The molecule has 0 unspecified atom stereocenters. The monoisotopic (exact) mass is 439 g/mol. The van der Waals surface area contributed by atoms with Gasteiger partial charge in [-0.1, -0.05) is 25.0 Å². The van der Waals surface area contributed by atoms with Gasteiger partial charge < -0.3 is 24.3 Å². The minimum Gasteiger partial charge on any atom is -0.486 e. The van der Waals surface area contributed by atoms with E-state index in [9.17, 15) is 14.4 Å². The van der Waals surface area contributed by atoms with Crippen LogP contribution < -0.4 is 14.8 Å². The van der Waals surface area contributed by atoms with Crippen LogP contribution in [0, 0.1) is 0 Å². The van der Waals surface area contributed by atoms with Crippen LogP contribution in [0.4, 0.5) is 5.69 Å².